The van der Waals surface area contributed by atoms with Crippen LogP contribution in [0.3, 0.4) is 0 Å². The molecule has 0 radical (unpaired) electrons. The number of nitrogens with zero attached hydrogens (tertiary/aromatic N) is 1. The molecule has 0 saturated carbocycles. The number of hydrogen-bond acceptors (Lipinski definition) is 3. The van der Waals surface area contributed by atoms with Crippen molar-refractivity contribution >= 4 is 15.9 Å². The van der Waals surface area contributed by atoms with E-state index in [4.69, 9.17) is 0 Å². The Morgan fingerprint density at radius 1 is 1.36 bits per heavy atom. The van der Waals surface area contributed by atoms with E-state index in [1.165, 1.54) is 22.7 Å². The summed E-state index contributed by atoms with van der Waals surface area (Å²) in [4.78, 5) is 12.2. The molecule has 0 unspecified atom stereocenters. The molecule has 1 N–H and O–H groups in total. The maximum absolute atomic E-state index is 12.2. The van der Waals surface area contributed by atoms with Crippen LogP contribution in [0.15, 0.2) is 11.6 Å². The van der Waals surface area contributed by atoms with Gasteiger partial charge in [0.2, 0.25) is 15.9 Å². The smallest absolute Gasteiger partial charge is 0.224 e. The standard InChI is InChI=1S/C16H28N2O3S/c1-2-22(20,21)18-12-6-9-15(13-18)16(19)17-11-10-14-7-4-3-5-8-14/h7,15H,2-6,8-13H2,1H3,(H,17,19)/t15-/m0/s1. The summed E-state index contributed by atoms with van der Waals surface area (Å²) >= 11 is 0. The normalized spacial score (nSPS) is 23.9. The van der Waals surface area contributed by atoms with Gasteiger partial charge in [0.15, 0.2) is 0 Å². The van der Waals surface area contributed by atoms with Gasteiger partial charge in [-0.15, -0.1) is 0 Å². The summed E-state index contributed by atoms with van der Waals surface area (Å²) in [5, 5.41) is 2.99. The molecule has 0 bridgehead atoms. The topological polar surface area (TPSA) is 66.5 Å². The highest BCUT2D eigenvalue weighted by Gasteiger charge is 2.31. The number of carbonyl (C=O) groups is 1. The fourth-order valence-corrected chi connectivity index (χ4v) is 4.39. The van der Waals surface area contributed by atoms with Crippen LogP contribution in [-0.4, -0.2) is 44.0 Å². The molecule has 0 aromatic rings. The predicted molar refractivity (Wildman–Crippen MR) is 87.9 cm³/mol. The van der Waals surface area contributed by atoms with Crippen molar-refractivity contribution in [1.82, 2.24) is 9.62 Å². The van der Waals surface area contributed by atoms with Crippen LogP contribution in [0.4, 0.5) is 0 Å². The first kappa shape index (κ1) is 17.5. The molecular formula is C16H28N2O3S. The van der Waals surface area contributed by atoms with Gasteiger partial charge in [0.1, 0.15) is 0 Å². The van der Waals surface area contributed by atoms with Crippen LogP contribution in [0, 0.1) is 5.92 Å². The Labute approximate surface area is 134 Å². The highest BCUT2D eigenvalue weighted by Crippen LogP contribution is 2.21. The van der Waals surface area contributed by atoms with E-state index in [9.17, 15) is 13.2 Å². The minimum absolute atomic E-state index is 0.00686. The molecule has 0 spiro atoms. The van der Waals surface area contributed by atoms with E-state index in [0.29, 0.717) is 19.6 Å². The molecule has 1 amide bonds. The van der Waals surface area contributed by atoms with E-state index < -0.39 is 10.0 Å². The van der Waals surface area contributed by atoms with Crippen LogP contribution in [-0.2, 0) is 14.8 Å². The minimum atomic E-state index is -3.18. The number of nitrogens with one attached hydrogen (secondary N) is 1. The van der Waals surface area contributed by atoms with Gasteiger partial charge in [-0.2, -0.15) is 0 Å². The number of piperidine rings is 1. The maximum atomic E-state index is 12.2. The third kappa shape index (κ3) is 4.81. The van der Waals surface area contributed by atoms with Crippen molar-refractivity contribution < 1.29 is 13.2 Å². The molecule has 6 heteroatoms. The van der Waals surface area contributed by atoms with Crippen LogP contribution in [0.5, 0.6) is 0 Å². The summed E-state index contributed by atoms with van der Waals surface area (Å²) in [6, 6.07) is 0. The lowest BCUT2D eigenvalue weighted by Crippen LogP contribution is -2.46. The van der Waals surface area contributed by atoms with Gasteiger partial charge >= 0.3 is 0 Å². The zero-order valence-electron chi connectivity index (χ0n) is 13.5. The quantitative estimate of drug-likeness (QED) is 0.759. The molecule has 1 aliphatic carbocycles. The largest absolute Gasteiger partial charge is 0.356 e. The highest BCUT2D eigenvalue weighted by molar-refractivity contribution is 7.89. The Morgan fingerprint density at radius 2 is 2.18 bits per heavy atom. The number of rotatable bonds is 6. The Hall–Kier alpha value is -0.880. The van der Waals surface area contributed by atoms with Gasteiger partial charge in [-0.05, 0) is 51.9 Å². The Bertz CT molecular complexity index is 513. The maximum Gasteiger partial charge on any atom is 0.224 e. The minimum Gasteiger partial charge on any atom is -0.356 e. The molecule has 1 saturated heterocycles. The number of hydrogen-bond donors (Lipinski definition) is 1. The lowest BCUT2D eigenvalue weighted by Gasteiger charge is -2.31. The van der Waals surface area contributed by atoms with Crippen LogP contribution < -0.4 is 5.32 Å². The fourth-order valence-electron chi connectivity index (χ4n) is 3.21. The first-order chi connectivity index (χ1) is 10.5. The van der Waals surface area contributed by atoms with Gasteiger partial charge in [-0.1, -0.05) is 11.6 Å². The molecule has 1 atom stereocenters. The van der Waals surface area contributed by atoms with E-state index in [0.717, 1.165) is 32.1 Å². The molecule has 1 fully saturated rings. The summed E-state index contributed by atoms with van der Waals surface area (Å²) in [6.07, 6.45) is 9.62. The number of carbonyl (C=O) groups excluding carboxylic acids is 1. The van der Waals surface area contributed by atoms with Crippen molar-refractivity contribution in [1.29, 1.82) is 0 Å². The summed E-state index contributed by atoms with van der Waals surface area (Å²) in [7, 11) is -3.18. The number of amides is 1. The summed E-state index contributed by atoms with van der Waals surface area (Å²) in [5.41, 5.74) is 1.45. The molecule has 1 heterocycles. The first-order valence-corrected chi connectivity index (χ1v) is 10.1. The van der Waals surface area contributed by atoms with Gasteiger partial charge in [0, 0.05) is 19.6 Å². The van der Waals surface area contributed by atoms with Crippen molar-refractivity contribution in [2.45, 2.75) is 51.9 Å². The van der Waals surface area contributed by atoms with Crippen LogP contribution >= 0.6 is 0 Å². The lowest BCUT2D eigenvalue weighted by atomic mass is 9.96. The van der Waals surface area contributed by atoms with E-state index in [1.807, 2.05) is 0 Å². The van der Waals surface area contributed by atoms with Crippen LogP contribution in [0.1, 0.15) is 51.9 Å². The molecule has 1 aliphatic heterocycles. The second-order valence-corrected chi connectivity index (χ2v) is 8.50. The van der Waals surface area contributed by atoms with E-state index in [2.05, 4.69) is 11.4 Å². The zero-order chi connectivity index (χ0) is 16.0. The SMILES string of the molecule is CCS(=O)(=O)N1CCC[C@H](C(=O)NCCC2=CCCCC2)C1. The second kappa shape index (κ2) is 8.11. The Kier molecular flexibility index (Phi) is 6.44. The molecule has 126 valence electrons. The van der Waals surface area contributed by atoms with Crippen molar-refractivity contribution in [2.24, 2.45) is 5.92 Å². The second-order valence-electron chi connectivity index (χ2n) is 6.25. The molecular weight excluding hydrogens is 300 g/mol. The molecule has 22 heavy (non-hydrogen) atoms. The van der Waals surface area contributed by atoms with Crippen molar-refractivity contribution in [3.8, 4) is 0 Å². The highest BCUT2D eigenvalue weighted by atomic mass is 32.2. The average Bonchev–Trinajstić information content (AvgIpc) is 2.56. The van der Waals surface area contributed by atoms with E-state index in [-0.39, 0.29) is 17.6 Å². The lowest BCUT2D eigenvalue weighted by molar-refractivity contribution is -0.126. The molecule has 0 aromatic carbocycles. The van der Waals surface area contributed by atoms with Gasteiger partial charge in [-0.3, -0.25) is 4.79 Å². The zero-order valence-corrected chi connectivity index (χ0v) is 14.3. The summed E-state index contributed by atoms with van der Waals surface area (Å²) in [6.45, 7) is 3.20. The molecule has 5 nitrogen and oxygen atoms in total. The Balaban J connectivity index is 1.78. The number of allylic oxidation sites excluding steroid dienone is 1. The summed E-state index contributed by atoms with van der Waals surface area (Å²) in [5.74, 6) is -0.0852. The third-order valence-corrected chi connectivity index (χ3v) is 6.49. The van der Waals surface area contributed by atoms with Gasteiger partial charge in [-0.25, -0.2) is 12.7 Å². The fraction of sp³-hybridized carbons (Fsp3) is 0.812. The molecule has 0 aromatic heterocycles. The van der Waals surface area contributed by atoms with Crippen molar-refractivity contribution in [3.63, 3.8) is 0 Å². The third-order valence-electron chi connectivity index (χ3n) is 4.64. The Morgan fingerprint density at radius 3 is 2.86 bits per heavy atom. The van der Waals surface area contributed by atoms with Gasteiger partial charge in [0.05, 0.1) is 11.7 Å². The van der Waals surface area contributed by atoms with Crippen LogP contribution in [0.25, 0.3) is 0 Å². The monoisotopic (exact) mass is 328 g/mol. The first-order valence-electron chi connectivity index (χ1n) is 8.46. The predicted octanol–water partition coefficient (Wildman–Crippen LogP) is 2.05. The molecule has 2 aliphatic rings. The van der Waals surface area contributed by atoms with Gasteiger partial charge < -0.3 is 5.32 Å². The van der Waals surface area contributed by atoms with E-state index in [1.54, 1.807) is 6.92 Å². The van der Waals surface area contributed by atoms with Crippen molar-refractivity contribution in [2.75, 3.05) is 25.4 Å². The van der Waals surface area contributed by atoms with Crippen molar-refractivity contribution in [3.05, 3.63) is 11.6 Å². The van der Waals surface area contributed by atoms with E-state index >= 15 is 0 Å². The number of sulfonamides is 1. The molecule has 2 rings (SSSR count). The van der Waals surface area contributed by atoms with Gasteiger partial charge in [0.25, 0.3) is 0 Å². The average molecular weight is 328 g/mol. The summed E-state index contributed by atoms with van der Waals surface area (Å²) < 4.78 is 25.3. The van der Waals surface area contributed by atoms with Crippen LogP contribution in [0.2, 0.25) is 0 Å².